The molecule has 0 radical (unpaired) electrons. The summed E-state index contributed by atoms with van der Waals surface area (Å²) in [6.45, 7) is 6.62. The van der Waals surface area contributed by atoms with E-state index in [-0.39, 0.29) is 11.7 Å². The van der Waals surface area contributed by atoms with Crippen LogP contribution in [0.25, 0.3) is 10.9 Å². The first kappa shape index (κ1) is 17.8. The van der Waals surface area contributed by atoms with Crippen LogP contribution in [0.1, 0.15) is 55.2 Å². The lowest BCUT2D eigenvalue weighted by atomic mass is 9.85. The molecule has 1 amide bonds. The zero-order valence-electron chi connectivity index (χ0n) is 16.8. The quantitative estimate of drug-likeness (QED) is 0.651. The molecule has 0 saturated carbocycles. The Morgan fingerprint density at radius 2 is 1.96 bits per heavy atom. The number of aryl methyl sites for hydroxylation is 1. The second-order valence-electron chi connectivity index (χ2n) is 8.37. The van der Waals surface area contributed by atoms with E-state index in [0.717, 1.165) is 52.6 Å². The van der Waals surface area contributed by atoms with Gasteiger partial charge in [0.15, 0.2) is 0 Å². The molecule has 1 N–H and O–H groups in total. The van der Waals surface area contributed by atoms with Crippen LogP contribution in [-0.2, 0) is 16.6 Å². The number of ketones is 1. The molecule has 5 heteroatoms. The Morgan fingerprint density at radius 1 is 1.22 bits per heavy atom. The molecule has 0 fully saturated rings. The van der Waals surface area contributed by atoms with Crippen LogP contribution in [0.5, 0.6) is 0 Å². The maximum Gasteiger partial charge on any atom is 0.237 e. The number of rotatable bonds is 2. The molecule has 0 atom stereocenters. The van der Waals surface area contributed by atoms with Gasteiger partial charge in [-0.1, -0.05) is 0 Å². The fourth-order valence-electron chi connectivity index (χ4n) is 4.50. The van der Waals surface area contributed by atoms with Gasteiger partial charge >= 0.3 is 0 Å². The molecule has 0 saturated heterocycles. The predicted octanol–water partition coefficient (Wildman–Crippen LogP) is 3.78. The lowest BCUT2D eigenvalue weighted by Gasteiger charge is -2.18. The van der Waals surface area contributed by atoms with Crippen LogP contribution >= 0.6 is 0 Å². The SMILES string of the molecule is CCN1C(=O)C(C)(C)c2cc3[nH]c4c(c3cc21)CCCC(=CN(C)C)C4=O. The summed E-state index contributed by atoms with van der Waals surface area (Å²) in [5.41, 5.74) is 5.10. The van der Waals surface area contributed by atoms with Gasteiger partial charge in [0.1, 0.15) is 0 Å². The molecule has 2 heterocycles. The number of Topliss-reactive ketones (excluding diaryl/α,β-unsaturated/α-hetero) is 1. The van der Waals surface area contributed by atoms with E-state index in [9.17, 15) is 9.59 Å². The largest absolute Gasteiger partial charge is 0.383 e. The number of amides is 1. The second-order valence-corrected chi connectivity index (χ2v) is 8.37. The van der Waals surface area contributed by atoms with Gasteiger partial charge in [-0.3, -0.25) is 9.59 Å². The molecule has 0 spiro atoms. The van der Waals surface area contributed by atoms with E-state index in [2.05, 4.69) is 17.1 Å². The Labute approximate surface area is 160 Å². The third kappa shape index (κ3) is 2.52. The number of benzene rings is 1. The molecule has 1 aliphatic carbocycles. The van der Waals surface area contributed by atoms with Crippen molar-refractivity contribution in [3.8, 4) is 0 Å². The first-order valence-corrected chi connectivity index (χ1v) is 9.68. The Balaban J connectivity index is 1.92. The van der Waals surface area contributed by atoms with Crippen molar-refractivity contribution >= 4 is 28.3 Å². The zero-order valence-corrected chi connectivity index (χ0v) is 16.8. The van der Waals surface area contributed by atoms with E-state index < -0.39 is 5.41 Å². The summed E-state index contributed by atoms with van der Waals surface area (Å²) in [6.07, 6.45) is 4.54. The minimum absolute atomic E-state index is 0.0928. The number of carbonyl (C=O) groups excluding carboxylic acids is 2. The number of carbonyl (C=O) groups is 2. The van der Waals surface area contributed by atoms with Gasteiger partial charge in [-0.25, -0.2) is 0 Å². The number of aromatic nitrogens is 1. The van der Waals surface area contributed by atoms with E-state index in [0.29, 0.717) is 12.2 Å². The van der Waals surface area contributed by atoms with Crippen molar-refractivity contribution in [3.05, 3.63) is 40.7 Å². The molecule has 1 aromatic carbocycles. The maximum absolute atomic E-state index is 13.1. The molecule has 27 heavy (non-hydrogen) atoms. The van der Waals surface area contributed by atoms with Crippen LogP contribution in [0.15, 0.2) is 23.9 Å². The van der Waals surface area contributed by atoms with Crippen LogP contribution in [0.3, 0.4) is 0 Å². The van der Waals surface area contributed by atoms with Crippen LogP contribution in [0, 0.1) is 0 Å². The van der Waals surface area contributed by atoms with E-state index in [1.807, 2.05) is 50.9 Å². The molecule has 2 aliphatic rings. The monoisotopic (exact) mass is 365 g/mol. The first-order valence-electron chi connectivity index (χ1n) is 9.68. The van der Waals surface area contributed by atoms with Gasteiger partial charge in [-0.05, 0) is 63.3 Å². The molecule has 1 aromatic heterocycles. The highest BCUT2D eigenvalue weighted by molar-refractivity contribution is 6.14. The topological polar surface area (TPSA) is 56.4 Å². The fourth-order valence-corrected chi connectivity index (χ4v) is 4.50. The highest BCUT2D eigenvalue weighted by Crippen LogP contribution is 2.44. The molecule has 142 valence electrons. The van der Waals surface area contributed by atoms with E-state index >= 15 is 0 Å². The van der Waals surface area contributed by atoms with Gasteiger partial charge in [-0.2, -0.15) is 0 Å². The summed E-state index contributed by atoms with van der Waals surface area (Å²) in [5.74, 6) is 0.237. The average Bonchev–Trinajstić information content (AvgIpc) is 2.99. The number of aromatic amines is 1. The summed E-state index contributed by atoms with van der Waals surface area (Å²) < 4.78 is 0. The predicted molar refractivity (Wildman–Crippen MR) is 108 cm³/mol. The number of nitrogens with one attached hydrogen (secondary N) is 1. The lowest BCUT2D eigenvalue weighted by Crippen LogP contribution is -2.35. The van der Waals surface area contributed by atoms with Gasteiger partial charge < -0.3 is 14.8 Å². The van der Waals surface area contributed by atoms with Crippen molar-refractivity contribution in [1.82, 2.24) is 9.88 Å². The van der Waals surface area contributed by atoms with Crippen LogP contribution < -0.4 is 4.90 Å². The van der Waals surface area contributed by atoms with Gasteiger partial charge in [-0.15, -0.1) is 0 Å². The lowest BCUT2D eigenvalue weighted by molar-refractivity contribution is -0.122. The summed E-state index contributed by atoms with van der Waals surface area (Å²) in [6, 6.07) is 4.19. The second kappa shape index (κ2) is 5.98. The molecule has 0 bridgehead atoms. The number of hydrogen-bond acceptors (Lipinski definition) is 3. The van der Waals surface area contributed by atoms with E-state index in [1.165, 1.54) is 0 Å². The molecule has 0 unspecified atom stereocenters. The van der Waals surface area contributed by atoms with Gasteiger partial charge in [0.25, 0.3) is 0 Å². The number of allylic oxidation sites excluding steroid dienone is 1. The number of fused-ring (bicyclic) bond motifs is 4. The van der Waals surface area contributed by atoms with Crippen molar-refractivity contribution in [2.75, 3.05) is 25.5 Å². The molecule has 5 nitrogen and oxygen atoms in total. The van der Waals surface area contributed by atoms with Crippen molar-refractivity contribution in [2.45, 2.75) is 45.4 Å². The highest BCUT2D eigenvalue weighted by Gasteiger charge is 2.43. The Kier molecular flexibility index (Phi) is 3.95. The minimum atomic E-state index is -0.540. The van der Waals surface area contributed by atoms with E-state index in [1.54, 1.807) is 0 Å². The molecule has 4 rings (SSSR count). The summed E-state index contributed by atoms with van der Waals surface area (Å²) in [7, 11) is 3.89. The summed E-state index contributed by atoms with van der Waals surface area (Å²) >= 11 is 0. The number of nitrogens with zero attached hydrogens (tertiary/aromatic N) is 2. The number of hydrogen-bond donors (Lipinski definition) is 1. The molecular weight excluding hydrogens is 338 g/mol. The normalized spacial score (nSPS) is 20.2. The highest BCUT2D eigenvalue weighted by atomic mass is 16.2. The molecule has 2 aromatic rings. The van der Waals surface area contributed by atoms with Crippen molar-refractivity contribution in [2.24, 2.45) is 0 Å². The van der Waals surface area contributed by atoms with Gasteiger partial charge in [0.05, 0.1) is 11.1 Å². The van der Waals surface area contributed by atoms with E-state index in [4.69, 9.17) is 0 Å². The van der Waals surface area contributed by atoms with Crippen LogP contribution in [0.2, 0.25) is 0 Å². The zero-order chi connectivity index (χ0) is 19.5. The van der Waals surface area contributed by atoms with Crippen molar-refractivity contribution in [1.29, 1.82) is 0 Å². The Morgan fingerprint density at radius 3 is 2.63 bits per heavy atom. The number of likely N-dealkylation sites (N-methyl/N-ethyl adjacent to an activating group) is 1. The number of H-pyrrole nitrogens is 1. The summed E-state index contributed by atoms with van der Waals surface area (Å²) in [4.78, 5) is 33.1. The summed E-state index contributed by atoms with van der Waals surface area (Å²) in [5, 5.41) is 1.08. The average molecular weight is 365 g/mol. The van der Waals surface area contributed by atoms with Gasteiger partial charge in [0.2, 0.25) is 11.7 Å². The fraction of sp³-hybridized carbons (Fsp3) is 0.455. The minimum Gasteiger partial charge on any atom is -0.383 e. The molecule has 1 aliphatic heterocycles. The van der Waals surface area contributed by atoms with Crippen molar-refractivity contribution < 1.29 is 9.59 Å². The first-order chi connectivity index (χ1) is 12.8. The smallest absolute Gasteiger partial charge is 0.237 e. The molecular formula is C22H27N3O2. The number of anilines is 1. The third-order valence-electron chi connectivity index (χ3n) is 5.89. The Bertz CT molecular complexity index is 995. The third-order valence-corrected chi connectivity index (χ3v) is 5.89. The van der Waals surface area contributed by atoms with Crippen LogP contribution in [0.4, 0.5) is 5.69 Å². The van der Waals surface area contributed by atoms with Crippen molar-refractivity contribution in [3.63, 3.8) is 0 Å². The maximum atomic E-state index is 13.1. The Hall–Kier alpha value is -2.56. The van der Waals surface area contributed by atoms with Gasteiger partial charge in [0, 0.05) is 49.0 Å². The standard InChI is InChI=1S/C22H27N3O2/c1-6-25-18-10-15-14-9-7-8-13(12-24(4)5)20(26)19(14)23-17(15)11-16(18)22(2,3)21(25)27/h10-12,23H,6-9H2,1-5H3. The van der Waals surface area contributed by atoms with Crippen LogP contribution in [-0.4, -0.2) is 42.2 Å².